The summed E-state index contributed by atoms with van der Waals surface area (Å²) in [7, 11) is 0. The van der Waals surface area contributed by atoms with Crippen molar-refractivity contribution in [2.24, 2.45) is 0 Å². The first-order valence-electron chi connectivity index (χ1n) is 4.04. The molecule has 0 amide bonds. The molecule has 0 radical (unpaired) electrons. The molecule has 0 aromatic carbocycles. The summed E-state index contributed by atoms with van der Waals surface area (Å²) in [5, 5.41) is 0.562. The van der Waals surface area contributed by atoms with Crippen molar-refractivity contribution < 1.29 is 0 Å². The molecule has 3 heteroatoms. The summed E-state index contributed by atoms with van der Waals surface area (Å²) in [5.74, 6) is 0. The second kappa shape index (κ2) is 3.23. The number of nitrogens with zero attached hydrogens (tertiary/aromatic N) is 1. The van der Waals surface area contributed by atoms with Gasteiger partial charge in [0.25, 0.3) is 0 Å². The van der Waals surface area contributed by atoms with Crippen LogP contribution in [0, 0.1) is 6.92 Å². The van der Waals surface area contributed by atoms with Gasteiger partial charge in [0.2, 0.25) is 0 Å². The number of nitrogens with one attached hydrogen (secondary N) is 1. The van der Waals surface area contributed by atoms with Crippen molar-refractivity contribution >= 4 is 11.6 Å². The molecule has 2 nitrogen and oxygen atoms in total. The standard InChI is InChI=1S/C10H9ClN2/c1-7-8(4-6-13-10(7)11)9-3-2-5-12-9/h2-6,12H,1H3. The zero-order valence-corrected chi connectivity index (χ0v) is 7.97. The predicted octanol–water partition coefficient (Wildman–Crippen LogP) is 3.04. The number of hydrogen-bond acceptors (Lipinski definition) is 1. The van der Waals surface area contributed by atoms with E-state index in [1.54, 1.807) is 6.20 Å². The minimum Gasteiger partial charge on any atom is -0.361 e. The van der Waals surface area contributed by atoms with Crippen LogP contribution in [-0.4, -0.2) is 9.97 Å². The van der Waals surface area contributed by atoms with Crippen LogP contribution in [0.3, 0.4) is 0 Å². The van der Waals surface area contributed by atoms with Gasteiger partial charge in [0.15, 0.2) is 0 Å². The van der Waals surface area contributed by atoms with Gasteiger partial charge in [-0.05, 0) is 30.7 Å². The molecule has 2 aromatic heterocycles. The summed E-state index contributed by atoms with van der Waals surface area (Å²) in [6, 6.07) is 5.93. The van der Waals surface area contributed by atoms with E-state index in [-0.39, 0.29) is 0 Å². The van der Waals surface area contributed by atoms with Crippen molar-refractivity contribution in [3.05, 3.63) is 41.3 Å². The number of rotatable bonds is 1. The van der Waals surface area contributed by atoms with E-state index in [9.17, 15) is 0 Å². The molecule has 2 aromatic rings. The molecule has 0 aliphatic carbocycles. The summed E-state index contributed by atoms with van der Waals surface area (Å²) in [5.41, 5.74) is 3.18. The lowest BCUT2D eigenvalue weighted by Gasteiger charge is -2.03. The average Bonchev–Trinajstić information content (AvgIpc) is 2.62. The fraction of sp³-hybridized carbons (Fsp3) is 0.100. The van der Waals surface area contributed by atoms with Crippen LogP contribution >= 0.6 is 11.6 Å². The molecule has 0 unspecified atom stereocenters. The molecule has 0 spiro atoms. The third kappa shape index (κ3) is 1.45. The second-order valence-corrected chi connectivity index (χ2v) is 3.22. The molecule has 66 valence electrons. The Kier molecular flexibility index (Phi) is 2.07. The number of halogens is 1. The summed E-state index contributed by atoms with van der Waals surface area (Å²) >= 11 is 5.91. The van der Waals surface area contributed by atoms with Gasteiger partial charge in [0.05, 0.1) is 0 Å². The number of H-pyrrole nitrogens is 1. The van der Waals surface area contributed by atoms with Crippen molar-refractivity contribution in [2.45, 2.75) is 6.92 Å². The largest absolute Gasteiger partial charge is 0.361 e. The SMILES string of the molecule is Cc1c(-c2ccc[nH]2)ccnc1Cl. The maximum atomic E-state index is 5.91. The molecule has 0 bridgehead atoms. The highest BCUT2D eigenvalue weighted by atomic mass is 35.5. The molecule has 0 aliphatic heterocycles. The lowest BCUT2D eigenvalue weighted by Crippen LogP contribution is -1.86. The number of pyridine rings is 1. The monoisotopic (exact) mass is 192 g/mol. The van der Waals surface area contributed by atoms with Crippen LogP contribution in [0.4, 0.5) is 0 Å². The number of aromatic nitrogens is 2. The van der Waals surface area contributed by atoms with Gasteiger partial charge in [-0.25, -0.2) is 4.98 Å². The van der Waals surface area contributed by atoms with E-state index in [1.807, 2.05) is 31.3 Å². The fourth-order valence-electron chi connectivity index (χ4n) is 1.30. The van der Waals surface area contributed by atoms with E-state index in [2.05, 4.69) is 9.97 Å². The van der Waals surface area contributed by atoms with Crippen LogP contribution in [-0.2, 0) is 0 Å². The summed E-state index contributed by atoms with van der Waals surface area (Å²) in [6.07, 6.45) is 3.61. The molecule has 0 fully saturated rings. The first-order valence-corrected chi connectivity index (χ1v) is 4.41. The summed E-state index contributed by atoms with van der Waals surface area (Å²) in [4.78, 5) is 7.14. The van der Waals surface area contributed by atoms with E-state index in [1.165, 1.54) is 0 Å². The molecular weight excluding hydrogens is 184 g/mol. The van der Waals surface area contributed by atoms with Crippen LogP contribution < -0.4 is 0 Å². The van der Waals surface area contributed by atoms with Gasteiger partial charge >= 0.3 is 0 Å². The van der Waals surface area contributed by atoms with Gasteiger partial charge in [-0.3, -0.25) is 0 Å². The Morgan fingerprint density at radius 1 is 1.38 bits per heavy atom. The Bertz CT molecular complexity index is 407. The van der Waals surface area contributed by atoms with Gasteiger partial charge in [0, 0.05) is 23.7 Å². The normalized spacial score (nSPS) is 10.3. The molecule has 1 N–H and O–H groups in total. The van der Waals surface area contributed by atoms with Gasteiger partial charge in [-0.15, -0.1) is 0 Å². The smallest absolute Gasteiger partial charge is 0.132 e. The van der Waals surface area contributed by atoms with Crippen molar-refractivity contribution in [1.29, 1.82) is 0 Å². The highest BCUT2D eigenvalue weighted by Crippen LogP contribution is 2.24. The van der Waals surface area contributed by atoms with Crippen LogP contribution in [0.15, 0.2) is 30.6 Å². The molecule has 2 heterocycles. The first-order chi connectivity index (χ1) is 6.29. The fourth-order valence-corrected chi connectivity index (χ4v) is 1.46. The Morgan fingerprint density at radius 3 is 2.92 bits per heavy atom. The Hall–Kier alpha value is -1.28. The second-order valence-electron chi connectivity index (χ2n) is 2.86. The van der Waals surface area contributed by atoms with E-state index in [0.29, 0.717) is 5.15 Å². The van der Waals surface area contributed by atoms with Gasteiger partial charge in [-0.1, -0.05) is 11.6 Å². The van der Waals surface area contributed by atoms with Gasteiger partial charge in [0.1, 0.15) is 5.15 Å². The third-order valence-corrected chi connectivity index (χ3v) is 2.41. The molecular formula is C10H9ClN2. The first kappa shape index (κ1) is 8.32. The van der Waals surface area contributed by atoms with E-state index in [0.717, 1.165) is 16.8 Å². The van der Waals surface area contributed by atoms with Crippen LogP contribution in [0.25, 0.3) is 11.3 Å². The molecule has 0 atom stereocenters. The van der Waals surface area contributed by atoms with Gasteiger partial charge < -0.3 is 4.98 Å². The van der Waals surface area contributed by atoms with Crippen LogP contribution in [0.1, 0.15) is 5.56 Å². The molecule has 0 saturated carbocycles. The highest BCUT2D eigenvalue weighted by molar-refractivity contribution is 6.30. The zero-order chi connectivity index (χ0) is 9.26. The maximum absolute atomic E-state index is 5.91. The van der Waals surface area contributed by atoms with E-state index < -0.39 is 0 Å². The lowest BCUT2D eigenvalue weighted by molar-refractivity contribution is 1.25. The average molecular weight is 193 g/mol. The number of hydrogen-bond donors (Lipinski definition) is 1. The van der Waals surface area contributed by atoms with Crippen molar-refractivity contribution in [1.82, 2.24) is 9.97 Å². The Morgan fingerprint density at radius 2 is 2.23 bits per heavy atom. The minimum atomic E-state index is 0.562. The van der Waals surface area contributed by atoms with E-state index >= 15 is 0 Å². The summed E-state index contributed by atoms with van der Waals surface area (Å²) < 4.78 is 0. The molecule has 0 aliphatic rings. The minimum absolute atomic E-state index is 0.562. The van der Waals surface area contributed by atoms with Crippen molar-refractivity contribution in [3.8, 4) is 11.3 Å². The lowest BCUT2D eigenvalue weighted by atomic mass is 10.1. The molecule has 0 saturated heterocycles. The predicted molar refractivity (Wildman–Crippen MR) is 53.8 cm³/mol. The highest BCUT2D eigenvalue weighted by Gasteiger charge is 2.05. The topological polar surface area (TPSA) is 28.7 Å². The molecule has 13 heavy (non-hydrogen) atoms. The van der Waals surface area contributed by atoms with E-state index in [4.69, 9.17) is 11.6 Å². The number of aromatic amines is 1. The quantitative estimate of drug-likeness (QED) is 0.692. The van der Waals surface area contributed by atoms with Crippen LogP contribution in [0.2, 0.25) is 5.15 Å². The maximum Gasteiger partial charge on any atom is 0.132 e. The zero-order valence-electron chi connectivity index (χ0n) is 7.21. The summed E-state index contributed by atoms with van der Waals surface area (Å²) in [6.45, 7) is 1.96. The van der Waals surface area contributed by atoms with Gasteiger partial charge in [-0.2, -0.15) is 0 Å². The van der Waals surface area contributed by atoms with Crippen molar-refractivity contribution in [3.63, 3.8) is 0 Å². The van der Waals surface area contributed by atoms with Crippen molar-refractivity contribution in [2.75, 3.05) is 0 Å². The third-order valence-electron chi connectivity index (χ3n) is 2.03. The van der Waals surface area contributed by atoms with Crippen LogP contribution in [0.5, 0.6) is 0 Å². The molecule has 2 rings (SSSR count). The Labute approximate surface area is 81.6 Å². The Balaban J connectivity index is 2.59.